The Morgan fingerprint density at radius 2 is 1.94 bits per heavy atom. The molecule has 2 aromatic rings. The van der Waals surface area contributed by atoms with Gasteiger partial charge in [-0.2, -0.15) is 0 Å². The standard InChI is InChI=1S/C15H15ClOS/c1-11-3-2-4-13(7-11)10-18-15-6-5-12(9-17)8-14(15)16/h2-8,17H,9-10H2,1H3. The molecule has 1 nitrogen and oxygen atoms in total. The Hall–Kier alpha value is -0.960. The Bertz CT molecular complexity index is 540. The fourth-order valence-corrected chi connectivity index (χ4v) is 2.95. The third kappa shape index (κ3) is 3.52. The van der Waals surface area contributed by atoms with Crippen LogP contribution in [0, 0.1) is 6.92 Å². The van der Waals surface area contributed by atoms with Crippen LogP contribution in [0.2, 0.25) is 5.02 Å². The number of halogens is 1. The molecule has 0 heterocycles. The predicted molar refractivity (Wildman–Crippen MR) is 78.1 cm³/mol. The van der Waals surface area contributed by atoms with E-state index >= 15 is 0 Å². The van der Waals surface area contributed by atoms with Crippen LogP contribution in [-0.2, 0) is 12.4 Å². The average Bonchev–Trinajstić information content (AvgIpc) is 2.37. The molecule has 94 valence electrons. The lowest BCUT2D eigenvalue weighted by atomic mass is 10.2. The smallest absolute Gasteiger partial charge is 0.0682 e. The molecule has 2 aromatic carbocycles. The second-order valence-electron chi connectivity index (χ2n) is 4.20. The Labute approximate surface area is 117 Å². The van der Waals surface area contributed by atoms with E-state index < -0.39 is 0 Å². The number of aliphatic hydroxyl groups is 1. The van der Waals surface area contributed by atoms with Gasteiger partial charge < -0.3 is 5.11 Å². The Kier molecular flexibility index (Phi) is 4.70. The van der Waals surface area contributed by atoms with Crippen LogP contribution in [0.4, 0.5) is 0 Å². The van der Waals surface area contributed by atoms with Gasteiger partial charge in [0.05, 0.1) is 11.6 Å². The maximum absolute atomic E-state index is 9.03. The molecular formula is C15H15ClOS. The molecule has 0 saturated carbocycles. The van der Waals surface area contributed by atoms with Crippen LogP contribution < -0.4 is 0 Å². The van der Waals surface area contributed by atoms with Crippen LogP contribution in [0.1, 0.15) is 16.7 Å². The first-order valence-electron chi connectivity index (χ1n) is 5.76. The molecule has 2 rings (SSSR count). The van der Waals surface area contributed by atoms with E-state index in [1.54, 1.807) is 11.8 Å². The lowest BCUT2D eigenvalue weighted by Crippen LogP contribution is -1.85. The molecule has 18 heavy (non-hydrogen) atoms. The average molecular weight is 279 g/mol. The largest absolute Gasteiger partial charge is 0.392 e. The van der Waals surface area contributed by atoms with Gasteiger partial charge in [0.15, 0.2) is 0 Å². The van der Waals surface area contributed by atoms with Crippen molar-refractivity contribution in [3.8, 4) is 0 Å². The second-order valence-corrected chi connectivity index (χ2v) is 5.62. The van der Waals surface area contributed by atoms with Crippen LogP contribution in [0.5, 0.6) is 0 Å². The zero-order chi connectivity index (χ0) is 13.0. The van der Waals surface area contributed by atoms with E-state index in [2.05, 4.69) is 31.2 Å². The Morgan fingerprint density at radius 3 is 2.61 bits per heavy atom. The summed E-state index contributed by atoms with van der Waals surface area (Å²) in [5, 5.41) is 9.73. The summed E-state index contributed by atoms with van der Waals surface area (Å²) in [6.45, 7) is 2.12. The summed E-state index contributed by atoms with van der Waals surface area (Å²) >= 11 is 7.89. The van der Waals surface area contributed by atoms with E-state index in [1.807, 2.05) is 18.2 Å². The number of aliphatic hydroxyl groups excluding tert-OH is 1. The van der Waals surface area contributed by atoms with Gasteiger partial charge in [-0.25, -0.2) is 0 Å². The maximum atomic E-state index is 9.03. The normalized spacial score (nSPS) is 10.6. The molecular weight excluding hydrogens is 264 g/mol. The third-order valence-corrected chi connectivity index (χ3v) is 4.23. The fraction of sp³-hybridized carbons (Fsp3) is 0.200. The molecule has 1 N–H and O–H groups in total. The van der Waals surface area contributed by atoms with E-state index in [0.29, 0.717) is 5.02 Å². The SMILES string of the molecule is Cc1cccc(CSc2ccc(CO)cc2Cl)c1. The van der Waals surface area contributed by atoms with E-state index in [4.69, 9.17) is 16.7 Å². The Morgan fingerprint density at radius 1 is 1.11 bits per heavy atom. The minimum atomic E-state index is 0.0303. The van der Waals surface area contributed by atoms with Crippen molar-refractivity contribution in [2.75, 3.05) is 0 Å². The topological polar surface area (TPSA) is 20.2 Å². The minimum Gasteiger partial charge on any atom is -0.392 e. The summed E-state index contributed by atoms with van der Waals surface area (Å²) in [6.07, 6.45) is 0. The predicted octanol–water partition coefficient (Wildman–Crippen LogP) is 4.43. The molecule has 0 radical (unpaired) electrons. The van der Waals surface area contributed by atoms with Crippen molar-refractivity contribution in [2.24, 2.45) is 0 Å². The van der Waals surface area contributed by atoms with E-state index in [0.717, 1.165) is 16.2 Å². The van der Waals surface area contributed by atoms with Gasteiger partial charge in [0, 0.05) is 10.6 Å². The van der Waals surface area contributed by atoms with Crippen molar-refractivity contribution in [2.45, 2.75) is 24.2 Å². The maximum Gasteiger partial charge on any atom is 0.0682 e. The highest BCUT2D eigenvalue weighted by atomic mass is 35.5. The monoisotopic (exact) mass is 278 g/mol. The lowest BCUT2D eigenvalue weighted by Gasteiger charge is -2.06. The van der Waals surface area contributed by atoms with Crippen molar-refractivity contribution >= 4 is 23.4 Å². The first-order chi connectivity index (χ1) is 8.69. The first kappa shape index (κ1) is 13.5. The summed E-state index contributed by atoms with van der Waals surface area (Å²) in [7, 11) is 0. The quantitative estimate of drug-likeness (QED) is 0.835. The number of aryl methyl sites for hydroxylation is 1. The van der Waals surface area contributed by atoms with Crippen LogP contribution in [0.3, 0.4) is 0 Å². The molecule has 0 amide bonds. The van der Waals surface area contributed by atoms with Crippen molar-refractivity contribution in [1.82, 2.24) is 0 Å². The molecule has 3 heteroatoms. The molecule has 0 aliphatic rings. The number of benzene rings is 2. The number of hydrogen-bond acceptors (Lipinski definition) is 2. The van der Waals surface area contributed by atoms with Gasteiger partial charge in [-0.15, -0.1) is 11.8 Å². The lowest BCUT2D eigenvalue weighted by molar-refractivity contribution is 0.282. The summed E-state index contributed by atoms with van der Waals surface area (Å²) < 4.78 is 0. The summed E-state index contributed by atoms with van der Waals surface area (Å²) in [5.41, 5.74) is 3.41. The van der Waals surface area contributed by atoms with Gasteiger partial charge in [0.25, 0.3) is 0 Å². The van der Waals surface area contributed by atoms with Crippen molar-refractivity contribution in [1.29, 1.82) is 0 Å². The summed E-state index contributed by atoms with van der Waals surface area (Å²) in [5.74, 6) is 0.903. The fourth-order valence-electron chi connectivity index (χ4n) is 1.72. The number of rotatable bonds is 4. The molecule has 0 fully saturated rings. The molecule has 0 spiro atoms. The second kappa shape index (κ2) is 6.28. The van der Waals surface area contributed by atoms with Crippen LogP contribution >= 0.6 is 23.4 Å². The molecule has 0 aromatic heterocycles. The van der Waals surface area contributed by atoms with Gasteiger partial charge >= 0.3 is 0 Å². The van der Waals surface area contributed by atoms with Gasteiger partial charge in [-0.05, 0) is 30.2 Å². The van der Waals surface area contributed by atoms with Gasteiger partial charge in [-0.3, -0.25) is 0 Å². The molecule has 0 aliphatic heterocycles. The molecule has 0 atom stereocenters. The van der Waals surface area contributed by atoms with Crippen LogP contribution in [-0.4, -0.2) is 5.11 Å². The van der Waals surface area contributed by atoms with E-state index in [9.17, 15) is 0 Å². The van der Waals surface area contributed by atoms with Crippen LogP contribution in [0.15, 0.2) is 47.4 Å². The van der Waals surface area contributed by atoms with Crippen molar-refractivity contribution in [3.63, 3.8) is 0 Å². The van der Waals surface area contributed by atoms with Gasteiger partial charge in [0.2, 0.25) is 0 Å². The van der Waals surface area contributed by atoms with Crippen molar-refractivity contribution in [3.05, 3.63) is 64.2 Å². The van der Waals surface area contributed by atoms with E-state index in [-0.39, 0.29) is 6.61 Å². The molecule has 0 aliphatic carbocycles. The highest BCUT2D eigenvalue weighted by molar-refractivity contribution is 7.98. The van der Waals surface area contributed by atoms with E-state index in [1.165, 1.54) is 11.1 Å². The first-order valence-corrected chi connectivity index (χ1v) is 7.13. The minimum absolute atomic E-state index is 0.0303. The molecule has 0 saturated heterocycles. The highest BCUT2D eigenvalue weighted by Gasteiger charge is 2.03. The highest BCUT2D eigenvalue weighted by Crippen LogP contribution is 2.30. The summed E-state index contributed by atoms with van der Waals surface area (Å²) in [6, 6.07) is 14.2. The zero-order valence-corrected chi connectivity index (χ0v) is 11.8. The number of hydrogen-bond donors (Lipinski definition) is 1. The Balaban J connectivity index is 2.06. The zero-order valence-electron chi connectivity index (χ0n) is 10.2. The van der Waals surface area contributed by atoms with Gasteiger partial charge in [0.1, 0.15) is 0 Å². The molecule has 0 unspecified atom stereocenters. The number of thioether (sulfide) groups is 1. The summed E-state index contributed by atoms with van der Waals surface area (Å²) in [4.78, 5) is 1.05. The molecule has 0 bridgehead atoms. The van der Waals surface area contributed by atoms with Crippen LogP contribution in [0.25, 0.3) is 0 Å². The third-order valence-electron chi connectivity index (χ3n) is 2.66. The van der Waals surface area contributed by atoms with Crippen molar-refractivity contribution < 1.29 is 5.11 Å². The van der Waals surface area contributed by atoms with Gasteiger partial charge in [-0.1, -0.05) is 47.5 Å².